The number of aliphatic hydroxyl groups is 4. The molecule has 0 amide bonds. The highest BCUT2D eigenvalue weighted by molar-refractivity contribution is 4.89. The molecule has 0 aromatic heterocycles. The van der Waals surface area contributed by atoms with Crippen LogP contribution in [0.2, 0.25) is 0 Å². The molecule has 1 saturated heterocycles. The molecule has 0 aromatic carbocycles. The zero-order chi connectivity index (χ0) is 12.3. The Hall–Kier alpha value is -0.240. The predicted molar refractivity (Wildman–Crippen MR) is 54.6 cm³/mol. The molecule has 0 spiro atoms. The lowest BCUT2D eigenvalue weighted by molar-refractivity contribution is -0.310. The maximum absolute atomic E-state index is 9.62. The molecule has 96 valence electrons. The van der Waals surface area contributed by atoms with Crippen molar-refractivity contribution in [1.29, 1.82) is 0 Å². The predicted octanol–water partition coefficient (Wildman–Crippen LogP) is -1.40. The lowest BCUT2D eigenvalue weighted by Crippen LogP contribution is -2.59. The van der Waals surface area contributed by atoms with E-state index in [4.69, 9.17) is 14.6 Å². The summed E-state index contributed by atoms with van der Waals surface area (Å²) in [7, 11) is 0. The molecule has 1 rings (SSSR count). The van der Waals surface area contributed by atoms with E-state index in [1.54, 1.807) is 6.92 Å². The number of hydrogen-bond acceptors (Lipinski definition) is 6. The Balaban J connectivity index is 2.63. The fourth-order valence-electron chi connectivity index (χ4n) is 1.50. The van der Waals surface area contributed by atoms with Crippen molar-refractivity contribution in [1.82, 2.24) is 0 Å². The molecule has 0 bridgehead atoms. The van der Waals surface area contributed by atoms with Crippen LogP contribution in [0.4, 0.5) is 0 Å². The Morgan fingerprint density at radius 1 is 1.19 bits per heavy atom. The minimum atomic E-state index is -1.38. The third-order valence-corrected chi connectivity index (χ3v) is 2.79. The van der Waals surface area contributed by atoms with Crippen molar-refractivity contribution in [3.63, 3.8) is 0 Å². The van der Waals surface area contributed by atoms with Gasteiger partial charge in [0.2, 0.25) is 0 Å². The van der Waals surface area contributed by atoms with Crippen LogP contribution in [0.5, 0.6) is 0 Å². The molecule has 0 aliphatic carbocycles. The van der Waals surface area contributed by atoms with E-state index in [1.165, 1.54) is 0 Å². The normalized spacial score (nSPS) is 42.0. The highest BCUT2D eigenvalue weighted by atomic mass is 16.7. The van der Waals surface area contributed by atoms with Gasteiger partial charge in [-0.25, -0.2) is 0 Å². The highest BCUT2D eigenvalue weighted by Gasteiger charge is 2.44. The van der Waals surface area contributed by atoms with E-state index in [2.05, 4.69) is 0 Å². The average molecular weight is 236 g/mol. The van der Waals surface area contributed by atoms with Crippen LogP contribution in [0, 0.1) is 0 Å². The van der Waals surface area contributed by atoms with Gasteiger partial charge in [-0.15, -0.1) is 0 Å². The summed E-state index contributed by atoms with van der Waals surface area (Å²) in [6, 6.07) is 0. The first-order chi connectivity index (χ1) is 7.51. The van der Waals surface area contributed by atoms with Crippen LogP contribution in [0.25, 0.3) is 0 Å². The third kappa shape index (κ3) is 2.91. The van der Waals surface area contributed by atoms with Crippen LogP contribution in [-0.2, 0) is 9.47 Å². The quantitative estimate of drug-likeness (QED) is 0.479. The van der Waals surface area contributed by atoms with Gasteiger partial charge in [0.25, 0.3) is 0 Å². The Bertz CT molecular complexity index is 209. The molecule has 1 heterocycles. The van der Waals surface area contributed by atoms with Gasteiger partial charge in [-0.3, -0.25) is 0 Å². The lowest BCUT2D eigenvalue weighted by atomic mass is 9.99. The minimum absolute atomic E-state index is 0.138. The first-order valence-electron chi connectivity index (χ1n) is 5.47. The van der Waals surface area contributed by atoms with Crippen molar-refractivity contribution < 1.29 is 29.9 Å². The topological polar surface area (TPSA) is 99.4 Å². The van der Waals surface area contributed by atoms with Crippen LogP contribution >= 0.6 is 0 Å². The molecule has 1 fully saturated rings. The van der Waals surface area contributed by atoms with E-state index in [0.29, 0.717) is 0 Å². The standard InChI is InChI=1S/C10H20O6/c1-3-5(2)15-10-9(14)8(13)7(12)6(4-11)16-10/h5-14H,3-4H2,1-2H3/t5?,6?,7-,8?,9+,10-/m1/s1. The van der Waals surface area contributed by atoms with E-state index in [1.807, 2.05) is 6.92 Å². The highest BCUT2D eigenvalue weighted by Crippen LogP contribution is 2.23. The van der Waals surface area contributed by atoms with Gasteiger partial charge in [-0.05, 0) is 13.3 Å². The van der Waals surface area contributed by atoms with Gasteiger partial charge in [-0.2, -0.15) is 0 Å². The van der Waals surface area contributed by atoms with Gasteiger partial charge in [0.05, 0.1) is 12.7 Å². The van der Waals surface area contributed by atoms with Gasteiger partial charge in [-0.1, -0.05) is 6.92 Å². The second-order valence-corrected chi connectivity index (χ2v) is 4.05. The maximum atomic E-state index is 9.62. The summed E-state index contributed by atoms with van der Waals surface area (Å²) in [6.45, 7) is 3.28. The first kappa shape index (κ1) is 13.8. The van der Waals surface area contributed by atoms with E-state index in [-0.39, 0.29) is 6.10 Å². The molecule has 0 radical (unpaired) electrons. The van der Waals surface area contributed by atoms with Crippen LogP contribution in [0.1, 0.15) is 20.3 Å². The summed E-state index contributed by atoms with van der Waals surface area (Å²) >= 11 is 0. The van der Waals surface area contributed by atoms with Gasteiger partial charge < -0.3 is 29.9 Å². The van der Waals surface area contributed by atoms with Gasteiger partial charge in [0.15, 0.2) is 6.29 Å². The fraction of sp³-hybridized carbons (Fsp3) is 1.00. The fourth-order valence-corrected chi connectivity index (χ4v) is 1.50. The molecular formula is C10H20O6. The van der Waals surface area contributed by atoms with Gasteiger partial charge >= 0.3 is 0 Å². The summed E-state index contributed by atoms with van der Waals surface area (Å²) in [4.78, 5) is 0. The molecule has 6 heteroatoms. The Labute approximate surface area is 94.4 Å². The SMILES string of the molecule is CCC(C)O[C@@H]1OC(CO)[C@@H](O)C(O)[C@@H]1O. The second-order valence-electron chi connectivity index (χ2n) is 4.05. The molecule has 6 atom stereocenters. The zero-order valence-corrected chi connectivity index (χ0v) is 9.48. The lowest BCUT2D eigenvalue weighted by Gasteiger charge is -2.40. The number of rotatable bonds is 4. The molecule has 16 heavy (non-hydrogen) atoms. The number of ether oxygens (including phenoxy) is 2. The summed E-state index contributed by atoms with van der Waals surface area (Å²) in [5, 5.41) is 37.6. The first-order valence-corrected chi connectivity index (χ1v) is 5.47. The molecule has 3 unspecified atom stereocenters. The van der Waals surface area contributed by atoms with Crippen LogP contribution < -0.4 is 0 Å². The van der Waals surface area contributed by atoms with Gasteiger partial charge in [0.1, 0.15) is 24.4 Å². The van der Waals surface area contributed by atoms with E-state index >= 15 is 0 Å². The molecule has 6 nitrogen and oxygen atoms in total. The number of hydrogen-bond donors (Lipinski definition) is 4. The summed E-state index contributed by atoms with van der Waals surface area (Å²) in [5.41, 5.74) is 0. The molecule has 1 aliphatic rings. The molecule has 1 aliphatic heterocycles. The third-order valence-electron chi connectivity index (χ3n) is 2.79. The van der Waals surface area contributed by atoms with E-state index in [0.717, 1.165) is 6.42 Å². The average Bonchev–Trinajstić information content (AvgIpc) is 2.29. The Morgan fingerprint density at radius 2 is 1.81 bits per heavy atom. The minimum Gasteiger partial charge on any atom is -0.394 e. The number of aliphatic hydroxyl groups excluding tert-OH is 4. The van der Waals surface area contributed by atoms with Crippen molar-refractivity contribution in [2.45, 2.75) is 57.1 Å². The molecule has 0 saturated carbocycles. The largest absolute Gasteiger partial charge is 0.394 e. The van der Waals surface area contributed by atoms with E-state index in [9.17, 15) is 15.3 Å². The smallest absolute Gasteiger partial charge is 0.186 e. The second kappa shape index (κ2) is 5.90. The van der Waals surface area contributed by atoms with Crippen molar-refractivity contribution >= 4 is 0 Å². The summed E-state index contributed by atoms with van der Waals surface area (Å²) < 4.78 is 10.5. The monoisotopic (exact) mass is 236 g/mol. The molecular weight excluding hydrogens is 216 g/mol. The Morgan fingerprint density at radius 3 is 2.31 bits per heavy atom. The Kier molecular flexibility index (Phi) is 5.10. The summed E-state index contributed by atoms with van der Waals surface area (Å²) in [6.07, 6.45) is -5.36. The van der Waals surface area contributed by atoms with Gasteiger partial charge in [0, 0.05) is 0 Å². The van der Waals surface area contributed by atoms with Crippen molar-refractivity contribution in [2.75, 3.05) is 6.61 Å². The van der Waals surface area contributed by atoms with Crippen molar-refractivity contribution in [3.8, 4) is 0 Å². The molecule has 0 aromatic rings. The van der Waals surface area contributed by atoms with E-state index < -0.39 is 37.3 Å². The zero-order valence-electron chi connectivity index (χ0n) is 9.48. The van der Waals surface area contributed by atoms with Crippen LogP contribution in [0.3, 0.4) is 0 Å². The van der Waals surface area contributed by atoms with Crippen LogP contribution in [0.15, 0.2) is 0 Å². The van der Waals surface area contributed by atoms with Crippen molar-refractivity contribution in [2.24, 2.45) is 0 Å². The maximum Gasteiger partial charge on any atom is 0.186 e. The van der Waals surface area contributed by atoms with Crippen molar-refractivity contribution in [3.05, 3.63) is 0 Å². The molecule has 4 N–H and O–H groups in total. The summed E-state index contributed by atoms with van der Waals surface area (Å²) in [5.74, 6) is 0. The van der Waals surface area contributed by atoms with Crippen LogP contribution in [-0.4, -0.2) is 63.8 Å².